The Morgan fingerprint density at radius 1 is 1.12 bits per heavy atom. The van der Waals surface area contributed by atoms with E-state index in [1.165, 1.54) is 0 Å². The summed E-state index contributed by atoms with van der Waals surface area (Å²) in [7, 11) is 0. The zero-order valence-electron chi connectivity index (χ0n) is 23.5. The van der Waals surface area contributed by atoms with Crippen LogP contribution in [0, 0.1) is 11.3 Å². The van der Waals surface area contributed by atoms with Crippen LogP contribution in [0.4, 0.5) is 0 Å². The molecule has 5 aliphatic heterocycles. The smallest absolute Gasteiger partial charge is 0.251 e. The largest absolute Gasteiger partial charge is 0.493 e. The predicted octanol–water partition coefficient (Wildman–Crippen LogP) is 5.50. The molecule has 7 rings (SSSR count). The number of carbonyl (C=O) groups excluding carboxylic acids is 2. The number of rotatable bonds is 2. The molecule has 5 heterocycles. The van der Waals surface area contributed by atoms with Gasteiger partial charge in [-0.2, -0.15) is 0 Å². The summed E-state index contributed by atoms with van der Waals surface area (Å²) in [5.41, 5.74) is 2.84. The number of nitrogens with one attached hydrogen (secondary N) is 3. The fourth-order valence-corrected chi connectivity index (χ4v) is 6.50. The van der Waals surface area contributed by atoms with Gasteiger partial charge in [0.05, 0.1) is 25.1 Å². The van der Waals surface area contributed by atoms with Crippen molar-refractivity contribution in [2.24, 2.45) is 5.92 Å². The third-order valence-corrected chi connectivity index (χ3v) is 8.96. The van der Waals surface area contributed by atoms with Crippen molar-refractivity contribution in [2.45, 2.75) is 83.0 Å². The molecule has 3 N–H and O–H groups in total. The molecule has 1 fully saturated rings. The van der Waals surface area contributed by atoms with Gasteiger partial charge in [0.2, 0.25) is 5.91 Å². The summed E-state index contributed by atoms with van der Waals surface area (Å²) in [5.74, 6) is 1.65. The molecule has 1 saturated heterocycles. The van der Waals surface area contributed by atoms with Gasteiger partial charge in [-0.25, -0.2) is 0 Å². The first kappa shape index (κ1) is 26.4. The normalized spacial score (nSPS) is 28.6. The van der Waals surface area contributed by atoms with Gasteiger partial charge in [0.1, 0.15) is 17.6 Å². The minimum absolute atomic E-state index is 0.00327. The van der Waals surface area contributed by atoms with E-state index in [0.29, 0.717) is 43.1 Å². The maximum Gasteiger partial charge on any atom is 0.251 e. The van der Waals surface area contributed by atoms with E-state index in [1.54, 1.807) is 11.0 Å². The van der Waals surface area contributed by atoms with Crippen molar-refractivity contribution < 1.29 is 19.1 Å². The molecule has 0 aromatic heterocycles. The molecule has 0 saturated carbocycles. The molecular formula is C32H38N4O4. The average Bonchev–Trinajstić information content (AvgIpc) is 2.94. The number of ether oxygens (including phenoxy) is 2. The van der Waals surface area contributed by atoms with E-state index in [0.717, 1.165) is 41.7 Å². The minimum Gasteiger partial charge on any atom is -0.493 e. The van der Waals surface area contributed by atoms with Gasteiger partial charge in [0, 0.05) is 35.1 Å². The van der Waals surface area contributed by atoms with Crippen molar-refractivity contribution in [2.75, 3.05) is 6.61 Å². The molecule has 0 radical (unpaired) electrons. The van der Waals surface area contributed by atoms with Crippen molar-refractivity contribution in [3.8, 4) is 11.5 Å². The lowest BCUT2D eigenvalue weighted by molar-refractivity contribution is -0.133. The quantitative estimate of drug-likeness (QED) is 0.465. The Morgan fingerprint density at radius 3 is 2.73 bits per heavy atom. The Balaban J connectivity index is 1.44. The highest BCUT2D eigenvalue weighted by Crippen LogP contribution is 2.41. The number of carbonyl (C=O) groups is 2. The summed E-state index contributed by atoms with van der Waals surface area (Å²) in [6.45, 7) is 6.79. The summed E-state index contributed by atoms with van der Waals surface area (Å²) < 4.78 is 12.3. The van der Waals surface area contributed by atoms with E-state index in [1.807, 2.05) is 24.3 Å². The molecule has 4 atom stereocenters. The zero-order chi connectivity index (χ0) is 28.0. The Kier molecular flexibility index (Phi) is 6.80. The van der Waals surface area contributed by atoms with E-state index in [2.05, 4.69) is 49.6 Å². The van der Waals surface area contributed by atoms with Crippen LogP contribution in [-0.4, -0.2) is 40.9 Å². The number of benzene rings is 2. The third-order valence-electron chi connectivity index (χ3n) is 8.96. The Bertz CT molecular complexity index is 1360. The molecule has 0 unspecified atom stereocenters. The monoisotopic (exact) mass is 542 g/mol. The van der Waals surface area contributed by atoms with Gasteiger partial charge in [0.15, 0.2) is 5.96 Å². The van der Waals surface area contributed by atoms with E-state index in [-0.39, 0.29) is 36.0 Å². The lowest BCUT2D eigenvalue weighted by Crippen LogP contribution is -2.63. The summed E-state index contributed by atoms with van der Waals surface area (Å²) in [4.78, 5) is 28.9. The van der Waals surface area contributed by atoms with Gasteiger partial charge >= 0.3 is 0 Å². The molecule has 210 valence electrons. The summed E-state index contributed by atoms with van der Waals surface area (Å²) in [5, 5.41) is 15.6. The summed E-state index contributed by atoms with van der Waals surface area (Å²) in [6.07, 6.45) is 8.05. The Labute approximate surface area is 235 Å². The molecule has 8 heteroatoms. The third kappa shape index (κ3) is 4.73. The van der Waals surface area contributed by atoms with E-state index in [4.69, 9.17) is 14.9 Å². The molecule has 8 nitrogen and oxygen atoms in total. The van der Waals surface area contributed by atoms with Crippen LogP contribution >= 0.6 is 0 Å². The second kappa shape index (κ2) is 10.3. The number of guanidine groups is 1. The van der Waals surface area contributed by atoms with Crippen LogP contribution in [0.15, 0.2) is 42.5 Å². The molecule has 2 amide bonds. The van der Waals surface area contributed by atoms with Crippen LogP contribution in [-0.2, 0) is 4.79 Å². The van der Waals surface area contributed by atoms with E-state index >= 15 is 0 Å². The number of hydrogen-bond acceptors (Lipinski definition) is 5. The number of hydrogen-bond donors (Lipinski definition) is 3. The van der Waals surface area contributed by atoms with Crippen LogP contribution in [0.5, 0.6) is 11.5 Å². The summed E-state index contributed by atoms with van der Waals surface area (Å²) >= 11 is 0. The molecule has 40 heavy (non-hydrogen) atoms. The van der Waals surface area contributed by atoms with Crippen molar-refractivity contribution >= 4 is 23.8 Å². The molecule has 2 aromatic rings. The Morgan fingerprint density at radius 2 is 1.95 bits per heavy atom. The second-order valence-electron chi connectivity index (χ2n) is 11.9. The maximum absolute atomic E-state index is 13.7. The zero-order valence-corrected chi connectivity index (χ0v) is 23.5. The van der Waals surface area contributed by atoms with Crippen LogP contribution in [0.2, 0.25) is 0 Å². The molecule has 2 aromatic carbocycles. The molecular weight excluding hydrogens is 504 g/mol. The standard InChI is InChI=1S/C32H38N4O4/c1-4-32-13-6-5-7-20-8-10-27-22(15-20)24(17-28(40-27)19(2)3)34-30(38)21-9-11-26-23(16-21)25(12-14-39-26)36(29(37)18-32)31(33)35-32/h5,7-11,15-16,19,24-25,28H,4,6,12-14,17-18H2,1-3H3,(H2,33,35)(H,34,38)/b7-5+/t24-,25+,28+,32+/m0/s1. The van der Waals surface area contributed by atoms with Gasteiger partial charge in [0.25, 0.3) is 5.91 Å². The van der Waals surface area contributed by atoms with Gasteiger partial charge in [-0.05, 0) is 61.1 Å². The Hall–Kier alpha value is -3.81. The van der Waals surface area contributed by atoms with Crippen LogP contribution in [0.1, 0.15) is 98.4 Å². The molecule has 5 aliphatic rings. The second-order valence-corrected chi connectivity index (χ2v) is 11.9. The highest BCUT2D eigenvalue weighted by Gasteiger charge is 2.44. The number of nitrogens with zero attached hydrogens (tertiary/aromatic N) is 1. The van der Waals surface area contributed by atoms with Gasteiger partial charge in [-0.1, -0.05) is 39.0 Å². The van der Waals surface area contributed by atoms with E-state index in [9.17, 15) is 9.59 Å². The number of amides is 2. The first-order valence-corrected chi connectivity index (χ1v) is 14.5. The van der Waals surface area contributed by atoms with Crippen molar-refractivity contribution in [1.82, 2.24) is 15.5 Å². The fraction of sp³-hybridized carbons (Fsp3) is 0.469. The minimum atomic E-state index is -0.461. The highest BCUT2D eigenvalue weighted by atomic mass is 16.5. The average molecular weight is 543 g/mol. The first-order chi connectivity index (χ1) is 19.3. The maximum atomic E-state index is 13.7. The molecule has 0 spiro atoms. The lowest BCUT2D eigenvalue weighted by Gasteiger charge is -2.46. The molecule has 6 bridgehead atoms. The first-order valence-electron chi connectivity index (χ1n) is 14.5. The topological polar surface area (TPSA) is 104 Å². The SMILES string of the molecule is CC[C@]12CC/C=C/c3ccc4c(c3)[C@H](C[C@H](C(C)C)O4)NC(=O)c3ccc4c(c3)[C@@H](CCO4)N(C(=N)N1)C(=O)C2. The van der Waals surface area contributed by atoms with Crippen molar-refractivity contribution in [3.05, 3.63) is 64.7 Å². The fourth-order valence-electron chi connectivity index (χ4n) is 6.50. The van der Waals surface area contributed by atoms with Gasteiger partial charge < -0.3 is 20.1 Å². The van der Waals surface area contributed by atoms with Crippen molar-refractivity contribution in [1.29, 1.82) is 5.41 Å². The van der Waals surface area contributed by atoms with Crippen LogP contribution in [0.3, 0.4) is 0 Å². The predicted molar refractivity (Wildman–Crippen MR) is 153 cm³/mol. The summed E-state index contributed by atoms with van der Waals surface area (Å²) in [6, 6.07) is 11.0. The number of allylic oxidation sites excluding steroid dienone is 1. The van der Waals surface area contributed by atoms with Crippen molar-refractivity contribution in [3.63, 3.8) is 0 Å². The van der Waals surface area contributed by atoms with Crippen LogP contribution in [0.25, 0.3) is 6.08 Å². The van der Waals surface area contributed by atoms with Crippen LogP contribution < -0.4 is 20.1 Å². The highest BCUT2D eigenvalue weighted by molar-refractivity contribution is 6.00. The lowest BCUT2D eigenvalue weighted by atomic mass is 9.83. The van der Waals surface area contributed by atoms with Gasteiger partial charge in [-0.3, -0.25) is 19.9 Å². The number of fused-ring (bicyclic) bond motifs is 5. The molecule has 0 aliphatic carbocycles. The van der Waals surface area contributed by atoms with Gasteiger partial charge in [-0.15, -0.1) is 0 Å². The van der Waals surface area contributed by atoms with E-state index < -0.39 is 5.54 Å².